The van der Waals surface area contributed by atoms with Crippen LogP contribution in [0.4, 0.5) is 5.82 Å². The van der Waals surface area contributed by atoms with Gasteiger partial charge in [-0.1, -0.05) is 6.07 Å². The lowest BCUT2D eigenvalue weighted by atomic mass is 10.0. The Morgan fingerprint density at radius 2 is 2.04 bits per heavy atom. The first-order valence-corrected chi connectivity index (χ1v) is 9.19. The van der Waals surface area contributed by atoms with Crippen LogP contribution in [0.15, 0.2) is 35.3 Å². The highest BCUT2D eigenvalue weighted by Gasteiger charge is 2.55. The largest absolute Gasteiger partial charge is 0.492 e. The second-order valence-corrected chi connectivity index (χ2v) is 7.65. The Kier molecular flexibility index (Phi) is 3.55. The highest BCUT2D eigenvalue weighted by molar-refractivity contribution is 5.46. The van der Waals surface area contributed by atoms with Crippen molar-refractivity contribution in [2.75, 3.05) is 32.0 Å². The van der Waals surface area contributed by atoms with Crippen LogP contribution in [-0.4, -0.2) is 46.7 Å². The summed E-state index contributed by atoms with van der Waals surface area (Å²) >= 11 is 0. The molecule has 4 atom stereocenters. The van der Waals surface area contributed by atoms with Crippen LogP contribution in [0.5, 0.6) is 5.75 Å². The Hall–Kier alpha value is -2.38. The van der Waals surface area contributed by atoms with Crippen molar-refractivity contribution >= 4 is 5.82 Å². The summed E-state index contributed by atoms with van der Waals surface area (Å²) in [6.07, 6.45) is 2.62. The molecule has 0 spiro atoms. The van der Waals surface area contributed by atoms with Crippen LogP contribution < -0.4 is 21.9 Å². The van der Waals surface area contributed by atoms with E-state index in [0.717, 1.165) is 55.2 Å². The normalized spacial score (nSPS) is 29.7. The molecule has 2 aromatic rings. The second kappa shape index (κ2) is 5.82. The molecule has 1 saturated carbocycles. The molecule has 1 aromatic carbocycles. The van der Waals surface area contributed by atoms with Crippen molar-refractivity contribution in [2.24, 2.45) is 23.5 Å². The predicted octanol–water partition coefficient (Wildman–Crippen LogP) is 0.255. The lowest BCUT2D eigenvalue weighted by Gasteiger charge is -2.34. The zero-order valence-corrected chi connectivity index (χ0v) is 14.5. The zero-order chi connectivity index (χ0) is 17.8. The minimum absolute atomic E-state index is 0.226. The van der Waals surface area contributed by atoms with Crippen LogP contribution in [0, 0.1) is 17.8 Å². The van der Waals surface area contributed by atoms with E-state index in [2.05, 4.69) is 16.0 Å². The molecule has 1 saturated heterocycles. The number of hydrogen-bond donors (Lipinski definition) is 2. The number of rotatable bonds is 3. The summed E-state index contributed by atoms with van der Waals surface area (Å²) in [4.78, 5) is 18.4. The number of fused-ring (bicyclic) bond motifs is 2. The molecular formula is C19H23N5O2. The number of aromatic nitrogens is 2. The second-order valence-electron chi connectivity index (χ2n) is 7.65. The van der Waals surface area contributed by atoms with Crippen LogP contribution >= 0.6 is 0 Å². The summed E-state index contributed by atoms with van der Waals surface area (Å²) in [6.45, 7) is 3.83. The first-order chi connectivity index (χ1) is 12.6. The summed E-state index contributed by atoms with van der Waals surface area (Å²) in [5.41, 5.74) is 12.9. The fourth-order valence-corrected chi connectivity index (χ4v) is 4.67. The molecule has 0 bridgehead atoms. The van der Waals surface area contributed by atoms with Gasteiger partial charge in [0.15, 0.2) is 0 Å². The van der Waals surface area contributed by atoms with Gasteiger partial charge in [0, 0.05) is 31.4 Å². The number of piperidine rings is 1. The van der Waals surface area contributed by atoms with Crippen LogP contribution in [-0.2, 0) is 6.42 Å². The molecule has 4 N–H and O–H groups in total. The molecular weight excluding hydrogens is 330 g/mol. The molecule has 1 unspecified atom stereocenters. The van der Waals surface area contributed by atoms with Gasteiger partial charge >= 0.3 is 5.69 Å². The van der Waals surface area contributed by atoms with Crippen molar-refractivity contribution in [1.29, 1.82) is 0 Å². The van der Waals surface area contributed by atoms with E-state index >= 15 is 0 Å². The summed E-state index contributed by atoms with van der Waals surface area (Å²) in [7, 11) is 0. The van der Waals surface area contributed by atoms with Crippen molar-refractivity contribution in [2.45, 2.75) is 12.5 Å². The van der Waals surface area contributed by atoms with Gasteiger partial charge in [0.05, 0.1) is 5.69 Å². The van der Waals surface area contributed by atoms with E-state index in [1.165, 1.54) is 10.1 Å². The standard InChI is InChI=1S/C19H23N5O2/c20-7-14-15-8-23(9-16(14)15)13-5-11-1-2-12(6-17(11)26-10-13)24-4-3-18(21)22-19(24)25/h1-4,6,13-16H,5,7-10,20H2,(H2,21,22,25)/t13?,14-,15-,16+. The Balaban J connectivity index is 1.33. The number of nitrogen functional groups attached to an aromatic ring is 1. The van der Waals surface area contributed by atoms with Crippen LogP contribution in [0.1, 0.15) is 5.56 Å². The molecule has 5 rings (SSSR count). The topological polar surface area (TPSA) is 99.4 Å². The third-order valence-corrected chi connectivity index (χ3v) is 6.23. The van der Waals surface area contributed by atoms with Crippen LogP contribution in [0.3, 0.4) is 0 Å². The SMILES string of the molecule is NC[C@@H]1[C@H]2CN(C3COc4cc(-n5ccc(N)nc5=O)ccc4C3)C[C@@H]12. The van der Waals surface area contributed by atoms with Gasteiger partial charge in [0.2, 0.25) is 0 Å². The van der Waals surface area contributed by atoms with Crippen molar-refractivity contribution in [3.8, 4) is 11.4 Å². The number of nitrogens with zero attached hydrogens (tertiary/aromatic N) is 3. The molecule has 2 fully saturated rings. The van der Waals surface area contributed by atoms with Gasteiger partial charge in [-0.3, -0.25) is 9.47 Å². The smallest absolute Gasteiger partial charge is 0.354 e. The molecule has 136 valence electrons. The third-order valence-electron chi connectivity index (χ3n) is 6.23. The van der Waals surface area contributed by atoms with E-state index in [1.54, 1.807) is 12.3 Å². The molecule has 7 nitrogen and oxygen atoms in total. The Labute approximate surface area is 151 Å². The highest BCUT2D eigenvalue weighted by atomic mass is 16.5. The number of anilines is 1. The molecule has 0 radical (unpaired) electrons. The van der Waals surface area contributed by atoms with Crippen LogP contribution in [0.2, 0.25) is 0 Å². The van der Waals surface area contributed by atoms with E-state index in [4.69, 9.17) is 16.2 Å². The molecule has 2 aliphatic heterocycles. The van der Waals surface area contributed by atoms with Crippen LogP contribution in [0.25, 0.3) is 5.69 Å². The van der Waals surface area contributed by atoms with Gasteiger partial charge in [0.1, 0.15) is 18.2 Å². The van der Waals surface area contributed by atoms with Gasteiger partial charge in [-0.2, -0.15) is 4.98 Å². The lowest BCUT2D eigenvalue weighted by molar-refractivity contribution is 0.126. The van der Waals surface area contributed by atoms with Crippen molar-refractivity contribution in [3.63, 3.8) is 0 Å². The first kappa shape index (κ1) is 15.8. The molecule has 7 heteroatoms. The number of likely N-dealkylation sites (tertiary alicyclic amines) is 1. The number of hydrogen-bond acceptors (Lipinski definition) is 6. The van der Waals surface area contributed by atoms with E-state index in [-0.39, 0.29) is 11.5 Å². The monoisotopic (exact) mass is 353 g/mol. The third kappa shape index (κ3) is 2.50. The van der Waals surface area contributed by atoms with Crippen molar-refractivity contribution in [1.82, 2.24) is 14.5 Å². The molecule has 3 aliphatic rings. The van der Waals surface area contributed by atoms with Gasteiger partial charge in [-0.05, 0) is 48.4 Å². The van der Waals surface area contributed by atoms with Gasteiger partial charge < -0.3 is 16.2 Å². The van der Waals surface area contributed by atoms with E-state index in [9.17, 15) is 4.79 Å². The van der Waals surface area contributed by atoms with Gasteiger partial charge in [-0.25, -0.2) is 4.79 Å². The summed E-state index contributed by atoms with van der Waals surface area (Å²) in [5.74, 6) is 3.43. The van der Waals surface area contributed by atoms with Crippen molar-refractivity contribution in [3.05, 3.63) is 46.5 Å². The summed E-state index contributed by atoms with van der Waals surface area (Å²) < 4.78 is 7.53. The maximum absolute atomic E-state index is 12.0. The van der Waals surface area contributed by atoms with Crippen molar-refractivity contribution < 1.29 is 4.74 Å². The first-order valence-electron chi connectivity index (χ1n) is 9.19. The average Bonchev–Trinajstić information content (AvgIpc) is 3.11. The van der Waals surface area contributed by atoms with Gasteiger partial charge in [-0.15, -0.1) is 0 Å². The lowest BCUT2D eigenvalue weighted by Crippen LogP contribution is -2.43. The predicted molar refractivity (Wildman–Crippen MR) is 98.3 cm³/mol. The summed E-state index contributed by atoms with van der Waals surface area (Å²) in [5, 5.41) is 0. The maximum Gasteiger partial charge on any atom is 0.354 e. The molecule has 3 heterocycles. The average molecular weight is 353 g/mol. The highest BCUT2D eigenvalue weighted by Crippen LogP contribution is 2.51. The minimum Gasteiger partial charge on any atom is -0.492 e. The quantitative estimate of drug-likeness (QED) is 0.821. The van der Waals surface area contributed by atoms with E-state index in [0.29, 0.717) is 12.6 Å². The molecule has 1 aromatic heterocycles. The fraction of sp³-hybridized carbons (Fsp3) is 0.474. The summed E-state index contributed by atoms with van der Waals surface area (Å²) in [6, 6.07) is 7.96. The minimum atomic E-state index is -0.385. The molecule has 26 heavy (non-hydrogen) atoms. The number of nitrogens with two attached hydrogens (primary N) is 2. The number of ether oxygens (including phenoxy) is 1. The molecule has 0 amide bonds. The van der Waals surface area contributed by atoms with Gasteiger partial charge in [0.25, 0.3) is 0 Å². The van der Waals surface area contributed by atoms with E-state index < -0.39 is 0 Å². The Morgan fingerprint density at radius 3 is 2.77 bits per heavy atom. The fourth-order valence-electron chi connectivity index (χ4n) is 4.67. The number of benzene rings is 1. The maximum atomic E-state index is 12.0. The van der Waals surface area contributed by atoms with E-state index in [1.807, 2.05) is 12.1 Å². The molecule has 1 aliphatic carbocycles. The Morgan fingerprint density at radius 1 is 1.23 bits per heavy atom. The Bertz CT molecular complexity index is 899. The zero-order valence-electron chi connectivity index (χ0n) is 14.5.